The van der Waals surface area contributed by atoms with Crippen molar-refractivity contribution in [2.45, 2.75) is 27.2 Å². The molecule has 0 aromatic heterocycles. The molecule has 0 spiro atoms. The number of rotatable bonds is 3. The summed E-state index contributed by atoms with van der Waals surface area (Å²) in [6.07, 6.45) is 10.6. The van der Waals surface area contributed by atoms with Crippen LogP contribution >= 0.6 is 0 Å². The van der Waals surface area contributed by atoms with Crippen molar-refractivity contribution in [2.24, 2.45) is 11.8 Å². The standard InChI is InChI=1S/C13H18O/c1-10(2)13-6-4-12(5-7-13)8-11(3)9-14/h4,6-10,12H,5H2,1-3H3. The zero-order chi connectivity index (χ0) is 10.6. The fraction of sp³-hybridized carbons (Fsp3) is 0.462. The number of carbonyl (C=O) groups is 1. The molecular weight excluding hydrogens is 172 g/mol. The Kier molecular flexibility index (Phi) is 3.87. The van der Waals surface area contributed by atoms with Crippen LogP contribution < -0.4 is 0 Å². The summed E-state index contributed by atoms with van der Waals surface area (Å²) in [6, 6.07) is 0. The molecule has 0 saturated heterocycles. The van der Waals surface area contributed by atoms with Crippen molar-refractivity contribution in [1.82, 2.24) is 0 Å². The van der Waals surface area contributed by atoms with Crippen LogP contribution in [0.25, 0.3) is 0 Å². The highest BCUT2D eigenvalue weighted by Gasteiger charge is 2.08. The van der Waals surface area contributed by atoms with Crippen molar-refractivity contribution in [3.8, 4) is 0 Å². The molecule has 0 amide bonds. The van der Waals surface area contributed by atoms with Gasteiger partial charge in [0.25, 0.3) is 0 Å². The molecule has 14 heavy (non-hydrogen) atoms. The van der Waals surface area contributed by atoms with E-state index in [-0.39, 0.29) is 0 Å². The smallest absolute Gasteiger partial charge is 0.145 e. The van der Waals surface area contributed by atoms with Crippen molar-refractivity contribution in [1.29, 1.82) is 0 Å². The van der Waals surface area contributed by atoms with Crippen LogP contribution in [0.1, 0.15) is 27.2 Å². The molecule has 0 aliphatic heterocycles. The van der Waals surface area contributed by atoms with Gasteiger partial charge in [0.15, 0.2) is 0 Å². The number of allylic oxidation sites excluding steroid dienone is 6. The third kappa shape index (κ3) is 2.99. The lowest BCUT2D eigenvalue weighted by molar-refractivity contribution is -0.104. The fourth-order valence-electron chi connectivity index (χ4n) is 1.58. The van der Waals surface area contributed by atoms with Gasteiger partial charge in [-0.15, -0.1) is 0 Å². The average Bonchev–Trinajstić information content (AvgIpc) is 2.18. The Balaban J connectivity index is 2.61. The summed E-state index contributed by atoms with van der Waals surface area (Å²) in [5, 5.41) is 0. The van der Waals surface area contributed by atoms with Crippen molar-refractivity contribution in [3.05, 3.63) is 35.5 Å². The Labute approximate surface area is 86.2 Å². The van der Waals surface area contributed by atoms with Crippen molar-refractivity contribution in [2.75, 3.05) is 0 Å². The van der Waals surface area contributed by atoms with Crippen LogP contribution in [0.2, 0.25) is 0 Å². The molecule has 0 aromatic rings. The lowest BCUT2D eigenvalue weighted by atomic mass is 9.90. The van der Waals surface area contributed by atoms with Gasteiger partial charge in [0.1, 0.15) is 6.29 Å². The average molecular weight is 190 g/mol. The Morgan fingerprint density at radius 2 is 2.29 bits per heavy atom. The third-order valence-electron chi connectivity index (χ3n) is 2.49. The Morgan fingerprint density at radius 3 is 2.71 bits per heavy atom. The van der Waals surface area contributed by atoms with E-state index >= 15 is 0 Å². The molecule has 0 saturated carbocycles. The second-order valence-corrected chi connectivity index (χ2v) is 4.15. The van der Waals surface area contributed by atoms with Gasteiger partial charge in [0, 0.05) is 0 Å². The third-order valence-corrected chi connectivity index (χ3v) is 2.49. The Morgan fingerprint density at radius 1 is 1.57 bits per heavy atom. The highest BCUT2D eigenvalue weighted by molar-refractivity contribution is 5.72. The predicted octanol–water partition coefficient (Wildman–Crippen LogP) is 3.29. The van der Waals surface area contributed by atoms with E-state index in [4.69, 9.17) is 0 Å². The van der Waals surface area contributed by atoms with Gasteiger partial charge in [-0.3, -0.25) is 4.79 Å². The van der Waals surface area contributed by atoms with E-state index < -0.39 is 0 Å². The number of carbonyl (C=O) groups excluding carboxylic acids is 1. The predicted molar refractivity (Wildman–Crippen MR) is 60.0 cm³/mol. The summed E-state index contributed by atoms with van der Waals surface area (Å²) in [5.41, 5.74) is 2.22. The van der Waals surface area contributed by atoms with E-state index in [1.165, 1.54) is 5.57 Å². The van der Waals surface area contributed by atoms with Gasteiger partial charge < -0.3 is 0 Å². The summed E-state index contributed by atoms with van der Waals surface area (Å²) in [5.74, 6) is 1.01. The molecule has 0 heterocycles. The largest absolute Gasteiger partial charge is 0.298 e. The Hall–Kier alpha value is -1.11. The molecule has 0 N–H and O–H groups in total. The van der Waals surface area contributed by atoms with Gasteiger partial charge in [-0.1, -0.05) is 38.2 Å². The number of aldehydes is 1. The molecule has 1 aliphatic carbocycles. The molecule has 1 aliphatic rings. The minimum Gasteiger partial charge on any atom is -0.298 e. The van der Waals surface area contributed by atoms with E-state index in [0.717, 1.165) is 18.3 Å². The topological polar surface area (TPSA) is 17.1 Å². The number of hydrogen-bond donors (Lipinski definition) is 0. The van der Waals surface area contributed by atoms with Gasteiger partial charge in [-0.2, -0.15) is 0 Å². The van der Waals surface area contributed by atoms with E-state index in [2.05, 4.69) is 32.1 Å². The highest BCUT2D eigenvalue weighted by atomic mass is 16.1. The molecular formula is C13H18O. The first-order chi connectivity index (χ1) is 6.63. The first-order valence-corrected chi connectivity index (χ1v) is 5.15. The molecule has 1 atom stereocenters. The second kappa shape index (κ2) is 4.94. The zero-order valence-electron chi connectivity index (χ0n) is 9.16. The first-order valence-electron chi connectivity index (χ1n) is 5.15. The SMILES string of the molecule is CC(C=O)=CC1C=CC(C(C)C)=CC1. The summed E-state index contributed by atoms with van der Waals surface area (Å²) in [7, 11) is 0. The lowest BCUT2D eigenvalue weighted by Crippen LogP contribution is -2.01. The molecule has 0 aromatic carbocycles. The van der Waals surface area contributed by atoms with E-state index in [9.17, 15) is 4.79 Å². The first kappa shape index (κ1) is 11.0. The molecule has 1 unspecified atom stereocenters. The van der Waals surface area contributed by atoms with Crippen molar-refractivity contribution < 1.29 is 4.79 Å². The monoisotopic (exact) mass is 190 g/mol. The fourth-order valence-corrected chi connectivity index (χ4v) is 1.58. The van der Waals surface area contributed by atoms with Crippen LogP contribution in [0.5, 0.6) is 0 Å². The van der Waals surface area contributed by atoms with Crippen LogP contribution in [-0.4, -0.2) is 6.29 Å². The quantitative estimate of drug-likeness (QED) is 0.493. The second-order valence-electron chi connectivity index (χ2n) is 4.15. The summed E-state index contributed by atoms with van der Waals surface area (Å²) in [4.78, 5) is 10.4. The minimum atomic E-state index is 0.405. The molecule has 0 radical (unpaired) electrons. The summed E-state index contributed by atoms with van der Waals surface area (Å²) < 4.78 is 0. The van der Waals surface area contributed by atoms with Crippen molar-refractivity contribution in [3.63, 3.8) is 0 Å². The maximum absolute atomic E-state index is 10.4. The van der Waals surface area contributed by atoms with Crippen molar-refractivity contribution >= 4 is 6.29 Å². The summed E-state index contributed by atoms with van der Waals surface area (Å²) >= 11 is 0. The maximum atomic E-state index is 10.4. The highest BCUT2D eigenvalue weighted by Crippen LogP contribution is 2.22. The van der Waals surface area contributed by atoms with Crippen LogP contribution in [0.4, 0.5) is 0 Å². The van der Waals surface area contributed by atoms with Crippen LogP contribution in [0.3, 0.4) is 0 Å². The van der Waals surface area contributed by atoms with E-state index in [1.807, 2.05) is 13.0 Å². The number of hydrogen-bond acceptors (Lipinski definition) is 1. The molecule has 1 heteroatoms. The van der Waals surface area contributed by atoms with Gasteiger partial charge in [-0.05, 0) is 36.3 Å². The van der Waals surface area contributed by atoms with Gasteiger partial charge in [0.2, 0.25) is 0 Å². The molecule has 1 nitrogen and oxygen atoms in total. The van der Waals surface area contributed by atoms with E-state index in [0.29, 0.717) is 11.8 Å². The van der Waals surface area contributed by atoms with Crippen LogP contribution in [-0.2, 0) is 4.79 Å². The van der Waals surface area contributed by atoms with Gasteiger partial charge in [0.05, 0.1) is 0 Å². The molecule has 76 valence electrons. The summed E-state index contributed by atoms with van der Waals surface area (Å²) in [6.45, 7) is 6.24. The normalized spacial score (nSPS) is 22.4. The zero-order valence-corrected chi connectivity index (χ0v) is 9.16. The molecule has 0 bridgehead atoms. The molecule has 1 rings (SSSR count). The van der Waals surface area contributed by atoms with Crippen LogP contribution in [0.15, 0.2) is 35.5 Å². The molecule has 0 fully saturated rings. The Bertz CT molecular complexity index is 292. The van der Waals surface area contributed by atoms with E-state index in [1.54, 1.807) is 0 Å². The van der Waals surface area contributed by atoms with Crippen LogP contribution in [0, 0.1) is 11.8 Å². The lowest BCUT2D eigenvalue weighted by Gasteiger charge is -2.15. The van der Waals surface area contributed by atoms with Gasteiger partial charge >= 0.3 is 0 Å². The maximum Gasteiger partial charge on any atom is 0.145 e. The van der Waals surface area contributed by atoms with Gasteiger partial charge in [-0.25, -0.2) is 0 Å². The minimum absolute atomic E-state index is 0.405.